The predicted molar refractivity (Wildman–Crippen MR) is 112 cm³/mol. The van der Waals surface area contributed by atoms with Gasteiger partial charge in [0.1, 0.15) is 18.1 Å². The summed E-state index contributed by atoms with van der Waals surface area (Å²) in [5.41, 5.74) is 0.724. The van der Waals surface area contributed by atoms with E-state index in [1.54, 1.807) is 50.2 Å². The van der Waals surface area contributed by atoms with Crippen LogP contribution in [-0.4, -0.2) is 11.5 Å². The first kappa shape index (κ1) is 19.8. The largest absolute Gasteiger partial charge is 0.489 e. The quantitative estimate of drug-likeness (QED) is 0.557. The van der Waals surface area contributed by atoms with Gasteiger partial charge in [0.15, 0.2) is 5.60 Å². The van der Waals surface area contributed by atoms with Crippen LogP contribution in [0.1, 0.15) is 19.4 Å². The van der Waals surface area contributed by atoms with Gasteiger partial charge in [-0.3, -0.25) is 4.79 Å². The predicted octanol–water partition coefficient (Wildman–Crippen LogP) is 5.72. The van der Waals surface area contributed by atoms with Gasteiger partial charge in [0.05, 0.1) is 0 Å². The molecule has 0 aliphatic carbocycles. The minimum atomic E-state index is -1.05. The van der Waals surface area contributed by atoms with Crippen LogP contribution in [0.15, 0.2) is 78.9 Å². The fraction of sp³-hybridized carbons (Fsp3) is 0.174. The first-order valence-corrected chi connectivity index (χ1v) is 9.33. The van der Waals surface area contributed by atoms with Gasteiger partial charge in [-0.1, -0.05) is 41.9 Å². The topological polar surface area (TPSA) is 47.6 Å². The number of carbonyl (C=O) groups is 1. The molecule has 0 aliphatic heterocycles. The van der Waals surface area contributed by atoms with E-state index in [1.165, 1.54) is 0 Å². The third-order valence-electron chi connectivity index (χ3n) is 4.09. The third-order valence-corrected chi connectivity index (χ3v) is 4.35. The average molecular weight is 396 g/mol. The summed E-state index contributed by atoms with van der Waals surface area (Å²) in [6, 6.07) is 24.1. The van der Waals surface area contributed by atoms with Gasteiger partial charge in [-0.25, -0.2) is 0 Å². The number of hydrogen-bond acceptors (Lipinski definition) is 3. The van der Waals surface area contributed by atoms with Gasteiger partial charge in [-0.15, -0.1) is 0 Å². The highest BCUT2D eigenvalue weighted by Gasteiger charge is 2.30. The summed E-state index contributed by atoms with van der Waals surface area (Å²) < 4.78 is 11.6. The monoisotopic (exact) mass is 395 g/mol. The molecule has 0 saturated carbocycles. The van der Waals surface area contributed by atoms with E-state index in [9.17, 15) is 4.79 Å². The molecule has 28 heavy (non-hydrogen) atoms. The second-order valence-corrected chi connectivity index (χ2v) is 7.26. The summed E-state index contributed by atoms with van der Waals surface area (Å²) >= 11 is 5.88. The molecule has 0 unspecified atom stereocenters. The first-order valence-electron chi connectivity index (χ1n) is 8.95. The van der Waals surface area contributed by atoms with Crippen LogP contribution in [0.3, 0.4) is 0 Å². The SMILES string of the molecule is CC(C)(Oc1ccc(Cl)cc1)C(=O)Nc1ccc(OCc2ccccc2)cc1. The standard InChI is InChI=1S/C23H22ClNO3/c1-23(2,28-21-12-8-18(24)9-13-21)22(26)25-19-10-14-20(15-11-19)27-16-17-6-4-3-5-7-17/h3-15H,16H2,1-2H3,(H,25,26). The second-order valence-electron chi connectivity index (χ2n) is 6.82. The molecule has 5 heteroatoms. The number of rotatable bonds is 7. The van der Waals surface area contributed by atoms with Crippen LogP contribution in [-0.2, 0) is 11.4 Å². The molecular weight excluding hydrogens is 374 g/mol. The Labute approximate surface area is 170 Å². The first-order chi connectivity index (χ1) is 13.4. The van der Waals surface area contributed by atoms with Crippen molar-refractivity contribution in [3.8, 4) is 11.5 Å². The van der Waals surface area contributed by atoms with Crippen LogP contribution in [0.2, 0.25) is 5.02 Å². The van der Waals surface area contributed by atoms with Crippen molar-refractivity contribution in [2.75, 3.05) is 5.32 Å². The van der Waals surface area contributed by atoms with E-state index in [0.717, 1.165) is 11.3 Å². The van der Waals surface area contributed by atoms with E-state index in [2.05, 4.69) is 5.32 Å². The fourth-order valence-corrected chi connectivity index (χ4v) is 2.63. The molecule has 1 N–H and O–H groups in total. The highest BCUT2D eigenvalue weighted by atomic mass is 35.5. The van der Waals surface area contributed by atoms with Crippen LogP contribution in [0.25, 0.3) is 0 Å². The maximum absolute atomic E-state index is 12.6. The Kier molecular flexibility index (Phi) is 6.22. The third kappa shape index (κ3) is 5.51. The summed E-state index contributed by atoms with van der Waals surface area (Å²) in [6.07, 6.45) is 0. The van der Waals surface area contributed by atoms with Crippen LogP contribution in [0, 0.1) is 0 Å². The molecule has 144 valence electrons. The molecule has 0 atom stereocenters. The van der Waals surface area contributed by atoms with Crippen molar-refractivity contribution in [2.45, 2.75) is 26.1 Å². The van der Waals surface area contributed by atoms with Gasteiger partial charge in [-0.2, -0.15) is 0 Å². The maximum Gasteiger partial charge on any atom is 0.267 e. The van der Waals surface area contributed by atoms with E-state index in [4.69, 9.17) is 21.1 Å². The molecule has 0 saturated heterocycles. The van der Waals surface area contributed by atoms with Gasteiger partial charge in [0.2, 0.25) is 0 Å². The molecule has 0 aliphatic rings. The number of benzene rings is 3. The Morgan fingerprint density at radius 1 is 0.893 bits per heavy atom. The number of halogens is 1. The normalized spacial score (nSPS) is 11.0. The number of carbonyl (C=O) groups excluding carboxylic acids is 1. The molecule has 0 bridgehead atoms. The number of ether oxygens (including phenoxy) is 2. The van der Waals surface area contributed by atoms with Crippen molar-refractivity contribution in [3.63, 3.8) is 0 Å². The van der Waals surface area contributed by atoms with Crippen molar-refractivity contribution < 1.29 is 14.3 Å². The molecule has 1 amide bonds. The Hall–Kier alpha value is -2.98. The zero-order valence-electron chi connectivity index (χ0n) is 15.8. The summed E-state index contributed by atoms with van der Waals surface area (Å²) in [5.74, 6) is 1.06. The second kappa shape index (κ2) is 8.81. The Balaban J connectivity index is 1.56. The summed E-state index contributed by atoms with van der Waals surface area (Å²) in [7, 11) is 0. The van der Waals surface area contributed by atoms with Crippen molar-refractivity contribution in [2.24, 2.45) is 0 Å². The van der Waals surface area contributed by atoms with Crippen LogP contribution in [0.4, 0.5) is 5.69 Å². The van der Waals surface area contributed by atoms with Gasteiger partial charge in [0, 0.05) is 10.7 Å². The number of anilines is 1. The van der Waals surface area contributed by atoms with E-state index < -0.39 is 5.60 Å². The number of hydrogen-bond donors (Lipinski definition) is 1. The molecule has 0 spiro atoms. The summed E-state index contributed by atoms with van der Waals surface area (Å²) in [5, 5.41) is 3.48. The molecule has 0 fully saturated rings. The Morgan fingerprint density at radius 3 is 2.14 bits per heavy atom. The maximum atomic E-state index is 12.6. The summed E-state index contributed by atoms with van der Waals surface area (Å²) in [6.45, 7) is 3.93. The molecule has 0 heterocycles. The van der Waals surface area contributed by atoms with Crippen molar-refractivity contribution in [1.82, 2.24) is 0 Å². The lowest BCUT2D eigenvalue weighted by Crippen LogP contribution is -2.42. The highest BCUT2D eigenvalue weighted by Crippen LogP contribution is 2.23. The zero-order valence-corrected chi connectivity index (χ0v) is 16.6. The molecule has 0 radical (unpaired) electrons. The number of amides is 1. The van der Waals surface area contributed by atoms with E-state index >= 15 is 0 Å². The lowest BCUT2D eigenvalue weighted by atomic mass is 10.1. The fourth-order valence-electron chi connectivity index (χ4n) is 2.50. The van der Waals surface area contributed by atoms with E-state index in [0.29, 0.717) is 23.1 Å². The van der Waals surface area contributed by atoms with E-state index in [1.807, 2.05) is 42.5 Å². The molecular formula is C23H22ClNO3. The van der Waals surface area contributed by atoms with Crippen molar-refractivity contribution in [1.29, 1.82) is 0 Å². The van der Waals surface area contributed by atoms with Gasteiger partial charge in [-0.05, 0) is 67.9 Å². The smallest absolute Gasteiger partial charge is 0.267 e. The Morgan fingerprint density at radius 2 is 1.50 bits per heavy atom. The van der Waals surface area contributed by atoms with Crippen LogP contribution >= 0.6 is 11.6 Å². The van der Waals surface area contributed by atoms with E-state index in [-0.39, 0.29) is 5.91 Å². The van der Waals surface area contributed by atoms with Gasteiger partial charge in [0.25, 0.3) is 5.91 Å². The molecule has 3 aromatic rings. The lowest BCUT2D eigenvalue weighted by Gasteiger charge is -2.25. The van der Waals surface area contributed by atoms with Crippen LogP contribution < -0.4 is 14.8 Å². The average Bonchev–Trinajstić information content (AvgIpc) is 2.70. The molecule has 3 aromatic carbocycles. The van der Waals surface area contributed by atoms with Gasteiger partial charge >= 0.3 is 0 Å². The van der Waals surface area contributed by atoms with Crippen molar-refractivity contribution >= 4 is 23.2 Å². The van der Waals surface area contributed by atoms with Gasteiger partial charge < -0.3 is 14.8 Å². The zero-order chi connectivity index (χ0) is 20.0. The summed E-state index contributed by atoms with van der Waals surface area (Å²) in [4.78, 5) is 12.6. The molecule has 4 nitrogen and oxygen atoms in total. The highest BCUT2D eigenvalue weighted by molar-refractivity contribution is 6.30. The van der Waals surface area contributed by atoms with Crippen molar-refractivity contribution in [3.05, 3.63) is 89.4 Å². The minimum Gasteiger partial charge on any atom is -0.489 e. The number of nitrogens with one attached hydrogen (secondary N) is 1. The Bertz CT molecular complexity index is 907. The lowest BCUT2D eigenvalue weighted by molar-refractivity contribution is -0.128. The molecule has 3 rings (SSSR count). The molecule has 0 aromatic heterocycles. The minimum absolute atomic E-state index is 0.250. The van der Waals surface area contributed by atoms with Crippen LogP contribution in [0.5, 0.6) is 11.5 Å².